The van der Waals surface area contributed by atoms with Crippen LogP contribution in [0.15, 0.2) is 0 Å². The third kappa shape index (κ3) is 1.16. The number of rotatable bonds is 1. The highest BCUT2D eigenvalue weighted by atomic mass is 16.5. The summed E-state index contributed by atoms with van der Waals surface area (Å²) < 4.78 is 5.24. The maximum atomic E-state index is 5.24. The van der Waals surface area contributed by atoms with Gasteiger partial charge in [-0.1, -0.05) is 6.92 Å². The van der Waals surface area contributed by atoms with E-state index in [0.29, 0.717) is 6.10 Å². The topological polar surface area (TPSA) is 9.23 Å². The first-order valence-corrected chi connectivity index (χ1v) is 2.84. The minimum Gasteiger partial charge on any atom is -0.378 e. The second kappa shape index (κ2) is 2.31. The van der Waals surface area contributed by atoms with Crippen molar-refractivity contribution in [3.8, 4) is 0 Å². The van der Waals surface area contributed by atoms with Crippen molar-refractivity contribution in [1.82, 2.24) is 0 Å². The summed E-state index contributed by atoms with van der Waals surface area (Å²) in [4.78, 5) is 0. The first kappa shape index (κ1) is 5.10. The van der Waals surface area contributed by atoms with E-state index in [4.69, 9.17) is 4.74 Å². The fourth-order valence-corrected chi connectivity index (χ4v) is 0.872. The maximum Gasteiger partial charge on any atom is 0.0576 e. The average molecular weight is 99.2 g/mol. The molecule has 1 fully saturated rings. The van der Waals surface area contributed by atoms with Crippen LogP contribution in [0.3, 0.4) is 0 Å². The molecule has 1 nitrogen and oxygen atoms in total. The van der Waals surface area contributed by atoms with Gasteiger partial charge >= 0.3 is 0 Å². The Morgan fingerprint density at radius 3 is 2.86 bits per heavy atom. The van der Waals surface area contributed by atoms with Gasteiger partial charge in [-0.2, -0.15) is 0 Å². The van der Waals surface area contributed by atoms with Gasteiger partial charge in [-0.15, -0.1) is 0 Å². The van der Waals surface area contributed by atoms with Gasteiger partial charge in [0.25, 0.3) is 0 Å². The third-order valence-electron chi connectivity index (χ3n) is 1.35. The largest absolute Gasteiger partial charge is 0.378 e. The molecule has 1 aliphatic rings. The lowest BCUT2D eigenvalue weighted by Gasteiger charge is -2.01. The van der Waals surface area contributed by atoms with Gasteiger partial charge in [0, 0.05) is 6.61 Å². The predicted octanol–water partition coefficient (Wildman–Crippen LogP) is 1.39. The molecule has 0 aromatic heterocycles. The smallest absolute Gasteiger partial charge is 0.0576 e. The molecule has 1 heterocycles. The molecule has 0 spiro atoms. The second-order valence-corrected chi connectivity index (χ2v) is 1.92. The lowest BCUT2D eigenvalue weighted by Crippen LogP contribution is -2.00. The zero-order valence-electron chi connectivity index (χ0n) is 4.52. The van der Waals surface area contributed by atoms with Crippen molar-refractivity contribution >= 4 is 0 Å². The van der Waals surface area contributed by atoms with Crippen molar-refractivity contribution < 1.29 is 4.74 Å². The van der Waals surface area contributed by atoms with Crippen molar-refractivity contribution in [2.75, 3.05) is 6.61 Å². The summed E-state index contributed by atoms with van der Waals surface area (Å²) in [5, 5.41) is 0. The lowest BCUT2D eigenvalue weighted by atomic mass is 10.2. The third-order valence-corrected chi connectivity index (χ3v) is 1.35. The van der Waals surface area contributed by atoms with Crippen LogP contribution in [0.25, 0.3) is 0 Å². The van der Waals surface area contributed by atoms with Crippen LogP contribution in [0, 0.1) is 6.92 Å². The Hall–Kier alpha value is -0.0400. The minimum atomic E-state index is 0.486. The summed E-state index contributed by atoms with van der Waals surface area (Å²) in [6, 6.07) is 0. The van der Waals surface area contributed by atoms with E-state index in [9.17, 15) is 0 Å². The summed E-state index contributed by atoms with van der Waals surface area (Å²) >= 11 is 0. The number of hydrogen-bond donors (Lipinski definition) is 0. The van der Waals surface area contributed by atoms with Crippen molar-refractivity contribution in [2.24, 2.45) is 0 Å². The van der Waals surface area contributed by atoms with E-state index in [1.165, 1.54) is 12.8 Å². The highest BCUT2D eigenvalue weighted by Crippen LogP contribution is 2.13. The fraction of sp³-hybridized carbons (Fsp3) is 0.833. The van der Waals surface area contributed by atoms with E-state index in [1.807, 2.05) is 0 Å². The molecule has 0 aliphatic carbocycles. The molecular weight excluding hydrogens is 88.1 g/mol. The summed E-state index contributed by atoms with van der Waals surface area (Å²) in [6.45, 7) is 4.70. The molecule has 0 bridgehead atoms. The van der Waals surface area contributed by atoms with E-state index in [2.05, 4.69) is 6.92 Å². The van der Waals surface area contributed by atoms with Crippen molar-refractivity contribution in [2.45, 2.75) is 25.4 Å². The molecule has 0 amide bonds. The van der Waals surface area contributed by atoms with E-state index in [-0.39, 0.29) is 0 Å². The Bertz CT molecular complexity index is 46.1. The van der Waals surface area contributed by atoms with Gasteiger partial charge in [0.15, 0.2) is 0 Å². The Morgan fingerprint density at radius 2 is 2.57 bits per heavy atom. The number of hydrogen-bond acceptors (Lipinski definition) is 1. The summed E-state index contributed by atoms with van der Waals surface area (Å²) in [6.07, 6.45) is 3.89. The van der Waals surface area contributed by atoms with Crippen LogP contribution in [-0.2, 0) is 4.74 Å². The summed E-state index contributed by atoms with van der Waals surface area (Å²) in [5.41, 5.74) is 0. The Labute approximate surface area is 44.7 Å². The van der Waals surface area contributed by atoms with E-state index in [0.717, 1.165) is 13.0 Å². The molecule has 0 N–H and O–H groups in total. The van der Waals surface area contributed by atoms with Crippen LogP contribution in [0.5, 0.6) is 0 Å². The molecule has 7 heavy (non-hydrogen) atoms. The highest BCUT2D eigenvalue weighted by molar-refractivity contribution is 4.64. The zero-order valence-corrected chi connectivity index (χ0v) is 4.52. The Balaban J connectivity index is 2.14. The minimum absolute atomic E-state index is 0.486. The van der Waals surface area contributed by atoms with Crippen LogP contribution in [0.4, 0.5) is 0 Å². The van der Waals surface area contributed by atoms with Crippen molar-refractivity contribution in [1.29, 1.82) is 0 Å². The van der Waals surface area contributed by atoms with Crippen LogP contribution in [0.1, 0.15) is 19.3 Å². The second-order valence-electron chi connectivity index (χ2n) is 1.92. The van der Waals surface area contributed by atoms with Crippen LogP contribution in [0.2, 0.25) is 0 Å². The van der Waals surface area contributed by atoms with Gasteiger partial charge in [0.1, 0.15) is 0 Å². The monoisotopic (exact) mass is 99.1 g/mol. The van der Waals surface area contributed by atoms with E-state index in [1.54, 1.807) is 0 Å². The van der Waals surface area contributed by atoms with E-state index < -0.39 is 0 Å². The van der Waals surface area contributed by atoms with Gasteiger partial charge in [-0.25, -0.2) is 0 Å². The maximum absolute atomic E-state index is 5.24. The SMILES string of the molecule is [CH2]CC1CCCO1. The predicted molar refractivity (Wildman–Crippen MR) is 28.9 cm³/mol. The molecule has 1 aliphatic heterocycles. The standard InChI is InChI=1S/C6H11O/c1-2-6-4-3-5-7-6/h6H,1-5H2. The summed E-state index contributed by atoms with van der Waals surface area (Å²) in [5.74, 6) is 0. The van der Waals surface area contributed by atoms with Gasteiger partial charge in [-0.3, -0.25) is 0 Å². The molecule has 1 unspecified atom stereocenters. The molecule has 0 saturated carbocycles. The Kier molecular flexibility index (Phi) is 1.69. The molecule has 1 saturated heterocycles. The zero-order chi connectivity index (χ0) is 5.11. The van der Waals surface area contributed by atoms with Crippen molar-refractivity contribution in [3.05, 3.63) is 6.92 Å². The van der Waals surface area contributed by atoms with Crippen LogP contribution < -0.4 is 0 Å². The van der Waals surface area contributed by atoms with Gasteiger partial charge in [0.05, 0.1) is 6.10 Å². The first-order chi connectivity index (χ1) is 3.43. The van der Waals surface area contributed by atoms with Gasteiger partial charge < -0.3 is 4.74 Å². The molecule has 1 rings (SSSR count). The molecule has 0 aromatic rings. The van der Waals surface area contributed by atoms with Crippen molar-refractivity contribution in [3.63, 3.8) is 0 Å². The average Bonchev–Trinajstić information content (AvgIpc) is 2.14. The molecule has 0 aromatic carbocycles. The summed E-state index contributed by atoms with van der Waals surface area (Å²) in [7, 11) is 0. The van der Waals surface area contributed by atoms with Crippen LogP contribution >= 0.6 is 0 Å². The van der Waals surface area contributed by atoms with Crippen LogP contribution in [-0.4, -0.2) is 12.7 Å². The normalized spacial score (nSPS) is 31.3. The number of ether oxygens (including phenoxy) is 1. The fourth-order valence-electron chi connectivity index (χ4n) is 0.872. The lowest BCUT2D eigenvalue weighted by molar-refractivity contribution is 0.113. The van der Waals surface area contributed by atoms with E-state index >= 15 is 0 Å². The molecule has 41 valence electrons. The molecular formula is C6H11O. The molecule has 1 atom stereocenters. The Morgan fingerprint density at radius 1 is 1.71 bits per heavy atom. The van der Waals surface area contributed by atoms with Gasteiger partial charge in [-0.05, 0) is 19.3 Å². The quantitative estimate of drug-likeness (QED) is 0.482. The first-order valence-electron chi connectivity index (χ1n) is 2.84. The molecule has 1 radical (unpaired) electrons. The van der Waals surface area contributed by atoms with Gasteiger partial charge in [0.2, 0.25) is 0 Å². The molecule has 1 heteroatoms. The highest BCUT2D eigenvalue weighted by Gasteiger charge is 2.11.